The van der Waals surface area contributed by atoms with Crippen LogP contribution >= 0.6 is 0 Å². The molecule has 0 spiro atoms. The summed E-state index contributed by atoms with van der Waals surface area (Å²) in [5, 5.41) is 2.84. The van der Waals surface area contributed by atoms with Crippen LogP contribution in [0.25, 0.3) is 0 Å². The van der Waals surface area contributed by atoms with Crippen LogP contribution in [0.1, 0.15) is 19.4 Å². The van der Waals surface area contributed by atoms with Gasteiger partial charge in [-0.2, -0.15) is 0 Å². The maximum Gasteiger partial charge on any atom is 0.242 e. The van der Waals surface area contributed by atoms with Crippen molar-refractivity contribution in [3.63, 3.8) is 0 Å². The Morgan fingerprint density at radius 2 is 2.19 bits per heavy atom. The van der Waals surface area contributed by atoms with E-state index in [0.29, 0.717) is 25.3 Å². The molecule has 0 unspecified atom stereocenters. The van der Waals surface area contributed by atoms with Crippen LogP contribution in [-0.4, -0.2) is 28.6 Å². The van der Waals surface area contributed by atoms with E-state index >= 15 is 0 Å². The topological polar surface area (TPSA) is 56.1 Å². The molecule has 1 heterocycles. The fourth-order valence-corrected chi connectivity index (χ4v) is 1.79. The van der Waals surface area contributed by atoms with Gasteiger partial charge in [-0.05, 0) is 37.6 Å². The third kappa shape index (κ3) is 4.59. The van der Waals surface area contributed by atoms with Crippen molar-refractivity contribution in [1.82, 2.24) is 14.9 Å². The highest BCUT2D eigenvalue weighted by Gasteiger charge is 2.12. The molecular formula is C15H18FN3O2. The molecule has 112 valence electrons. The molecule has 0 fully saturated rings. The average molecular weight is 291 g/mol. The van der Waals surface area contributed by atoms with Crippen LogP contribution in [0.3, 0.4) is 0 Å². The van der Waals surface area contributed by atoms with Crippen molar-refractivity contribution < 1.29 is 13.9 Å². The number of carbonyl (C=O) groups is 1. The number of rotatable bonds is 7. The predicted molar refractivity (Wildman–Crippen MR) is 76.5 cm³/mol. The van der Waals surface area contributed by atoms with E-state index < -0.39 is 0 Å². The van der Waals surface area contributed by atoms with Crippen LogP contribution in [-0.2, 0) is 4.79 Å². The van der Waals surface area contributed by atoms with Gasteiger partial charge in [0.2, 0.25) is 5.91 Å². The minimum atomic E-state index is -0.289. The van der Waals surface area contributed by atoms with Gasteiger partial charge < -0.3 is 14.6 Å². The average Bonchev–Trinajstić information content (AvgIpc) is 3.02. The summed E-state index contributed by atoms with van der Waals surface area (Å²) in [4.78, 5) is 15.8. The molecule has 0 bridgehead atoms. The number of hydrogen-bond donors (Lipinski definition) is 1. The van der Waals surface area contributed by atoms with E-state index in [1.807, 2.05) is 6.92 Å². The van der Waals surface area contributed by atoms with Crippen molar-refractivity contribution in [1.29, 1.82) is 0 Å². The number of nitrogens with one attached hydrogen (secondary N) is 1. The molecule has 6 heteroatoms. The third-order valence-corrected chi connectivity index (χ3v) is 3.05. The summed E-state index contributed by atoms with van der Waals surface area (Å²) < 4.78 is 19.9. The molecule has 21 heavy (non-hydrogen) atoms. The van der Waals surface area contributed by atoms with E-state index in [9.17, 15) is 9.18 Å². The van der Waals surface area contributed by atoms with E-state index in [4.69, 9.17) is 4.74 Å². The molecule has 1 aromatic heterocycles. The summed E-state index contributed by atoms with van der Waals surface area (Å²) in [6.07, 6.45) is 5.68. The molecule has 1 aromatic carbocycles. The van der Waals surface area contributed by atoms with Crippen molar-refractivity contribution in [2.75, 3.05) is 13.2 Å². The Kier molecular flexibility index (Phi) is 5.31. The smallest absolute Gasteiger partial charge is 0.242 e. The molecular weight excluding hydrogens is 273 g/mol. The Morgan fingerprint density at radius 3 is 2.86 bits per heavy atom. The van der Waals surface area contributed by atoms with Crippen molar-refractivity contribution in [2.24, 2.45) is 0 Å². The predicted octanol–water partition coefficient (Wildman–Crippen LogP) is 2.17. The fourth-order valence-electron chi connectivity index (χ4n) is 1.79. The number of nitrogens with zero attached hydrogens (tertiary/aromatic N) is 2. The van der Waals surface area contributed by atoms with Crippen molar-refractivity contribution in [3.05, 3.63) is 48.8 Å². The van der Waals surface area contributed by atoms with Crippen molar-refractivity contribution in [2.45, 2.75) is 19.4 Å². The summed E-state index contributed by atoms with van der Waals surface area (Å²) in [5.74, 6) is 0.271. The van der Waals surface area contributed by atoms with Gasteiger partial charge in [0.15, 0.2) is 0 Å². The molecule has 0 aliphatic carbocycles. The van der Waals surface area contributed by atoms with Crippen LogP contribution in [0.15, 0.2) is 43.0 Å². The summed E-state index contributed by atoms with van der Waals surface area (Å²) in [6, 6.07) is 5.57. The second-order valence-corrected chi connectivity index (χ2v) is 4.63. The molecule has 2 rings (SSSR count). The van der Waals surface area contributed by atoms with Crippen LogP contribution in [0.5, 0.6) is 5.75 Å². The summed E-state index contributed by atoms with van der Waals surface area (Å²) in [7, 11) is 0. The lowest BCUT2D eigenvalue weighted by Crippen LogP contribution is -2.31. The van der Waals surface area contributed by atoms with Crippen molar-refractivity contribution in [3.8, 4) is 5.75 Å². The number of aromatic nitrogens is 2. The van der Waals surface area contributed by atoms with Crippen LogP contribution in [0.4, 0.5) is 4.39 Å². The zero-order chi connectivity index (χ0) is 15.1. The van der Waals surface area contributed by atoms with E-state index in [0.717, 1.165) is 0 Å². The number of hydrogen-bond acceptors (Lipinski definition) is 3. The second kappa shape index (κ2) is 7.42. The summed E-state index contributed by atoms with van der Waals surface area (Å²) in [6.45, 7) is 2.80. The van der Waals surface area contributed by atoms with Gasteiger partial charge in [0.25, 0.3) is 0 Å². The zero-order valence-corrected chi connectivity index (χ0v) is 11.8. The zero-order valence-electron chi connectivity index (χ0n) is 11.8. The molecule has 1 amide bonds. The molecule has 1 atom stereocenters. The molecule has 2 aromatic rings. The number of halogens is 1. The lowest BCUT2D eigenvalue weighted by Gasteiger charge is -2.13. The number of amides is 1. The molecule has 0 saturated heterocycles. The van der Waals surface area contributed by atoms with E-state index in [1.165, 1.54) is 12.1 Å². The highest BCUT2D eigenvalue weighted by Crippen LogP contribution is 2.11. The standard InChI is InChI=1S/C15H18FN3O2/c1-12(19-9-8-17-11-19)15(20)18-7-2-10-21-14-5-3-13(16)4-6-14/h3-6,8-9,11-12H,2,7,10H2,1H3,(H,18,20)/t12-/m0/s1. The third-order valence-electron chi connectivity index (χ3n) is 3.05. The normalized spacial score (nSPS) is 11.9. The second-order valence-electron chi connectivity index (χ2n) is 4.63. The van der Waals surface area contributed by atoms with Gasteiger partial charge in [0.05, 0.1) is 12.9 Å². The van der Waals surface area contributed by atoms with Gasteiger partial charge in [-0.25, -0.2) is 9.37 Å². The molecule has 5 nitrogen and oxygen atoms in total. The lowest BCUT2D eigenvalue weighted by atomic mass is 10.3. The van der Waals surface area contributed by atoms with Gasteiger partial charge in [-0.3, -0.25) is 4.79 Å². The van der Waals surface area contributed by atoms with Crippen LogP contribution in [0.2, 0.25) is 0 Å². The Balaban J connectivity index is 1.63. The highest BCUT2D eigenvalue weighted by atomic mass is 19.1. The Hall–Kier alpha value is -2.37. The van der Waals surface area contributed by atoms with E-state index in [2.05, 4.69) is 10.3 Å². The quantitative estimate of drug-likeness (QED) is 0.795. The maximum absolute atomic E-state index is 12.7. The van der Waals surface area contributed by atoms with Gasteiger partial charge in [0, 0.05) is 18.9 Å². The number of benzene rings is 1. The lowest BCUT2D eigenvalue weighted by molar-refractivity contribution is -0.123. The first-order chi connectivity index (χ1) is 10.2. The number of carbonyl (C=O) groups excluding carboxylic acids is 1. The molecule has 0 radical (unpaired) electrons. The molecule has 1 N–H and O–H groups in total. The molecule has 0 aliphatic heterocycles. The van der Waals surface area contributed by atoms with Gasteiger partial charge >= 0.3 is 0 Å². The van der Waals surface area contributed by atoms with Crippen LogP contribution < -0.4 is 10.1 Å². The first kappa shape index (κ1) is 15.0. The largest absolute Gasteiger partial charge is 0.494 e. The van der Waals surface area contributed by atoms with Gasteiger partial charge in [-0.1, -0.05) is 0 Å². The summed E-state index contributed by atoms with van der Waals surface area (Å²) in [5.41, 5.74) is 0. The molecule has 0 aliphatic rings. The first-order valence-electron chi connectivity index (χ1n) is 6.80. The highest BCUT2D eigenvalue weighted by molar-refractivity contribution is 5.79. The number of ether oxygens (including phenoxy) is 1. The monoisotopic (exact) mass is 291 g/mol. The van der Waals surface area contributed by atoms with Gasteiger partial charge in [0.1, 0.15) is 17.6 Å². The van der Waals surface area contributed by atoms with Crippen molar-refractivity contribution >= 4 is 5.91 Å². The minimum absolute atomic E-state index is 0.0604. The minimum Gasteiger partial charge on any atom is -0.494 e. The maximum atomic E-state index is 12.7. The SMILES string of the molecule is C[C@@H](C(=O)NCCCOc1ccc(F)cc1)n1ccnc1. The first-order valence-corrected chi connectivity index (χ1v) is 6.80. The van der Waals surface area contributed by atoms with E-state index in [1.54, 1.807) is 35.4 Å². The Labute approximate surface area is 122 Å². The fraction of sp³-hybridized carbons (Fsp3) is 0.333. The molecule has 0 saturated carbocycles. The van der Waals surface area contributed by atoms with Crippen LogP contribution in [0, 0.1) is 5.82 Å². The Morgan fingerprint density at radius 1 is 1.43 bits per heavy atom. The summed E-state index contributed by atoms with van der Waals surface area (Å²) >= 11 is 0. The van der Waals surface area contributed by atoms with E-state index in [-0.39, 0.29) is 17.8 Å². The van der Waals surface area contributed by atoms with Gasteiger partial charge in [-0.15, -0.1) is 0 Å². The number of imidazole rings is 1. The Bertz CT molecular complexity index is 555.